The summed E-state index contributed by atoms with van der Waals surface area (Å²) in [5.74, 6) is 0. The average molecular weight is 210 g/mol. The van der Waals surface area contributed by atoms with Crippen LogP contribution in [0.2, 0.25) is 0 Å². The van der Waals surface area contributed by atoms with E-state index in [2.05, 4.69) is 60.3 Å². The highest BCUT2D eigenvalue weighted by Crippen LogP contribution is 2.26. The second-order valence-corrected chi connectivity index (χ2v) is 5.47. The van der Waals surface area contributed by atoms with Crippen molar-refractivity contribution < 1.29 is 0 Å². The van der Waals surface area contributed by atoms with E-state index in [1.54, 1.807) is 0 Å². The van der Waals surface area contributed by atoms with Gasteiger partial charge in [-0.1, -0.05) is 12.4 Å². The second-order valence-electron chi connectivity index (χ2n) is 5.47. The van der Waals surface area contributed by atoms with Crippen LogP contribution in [0.4, 0.5) is 0 Å². The van der Waals surface area contributed by atoms with Gasteiger partial charge in [-0.25, -0.2) is 0 Å². The van der Waals surface area contributed by atoms with Gasteiger partial charge in [-0.15, -0.1) is 0 Å². The van der Waals surface area contributed by atoms with Crippen LogP contribution in [0.1, 0.15) is 19.5 Å². The first kappa shape index (κ1) is 11.4. The Labute approximate surface area is 100 Å². The first-order chi connectivity index (χ1) is 7.41. The molecule has 0 N–H and O–H groups in total. The molecule has 0 amide bonds. The minimum absolute atomic E-state index is 0.124. The molecule has 0 spiro atoms. The molecule has 0 aromatic carbocycles. The van der Waals surface area contributed by atoms with Crippen molar-refractivity contribution in [1.29, 1.82) is 0 Å². The minimum atomic E-state index is 0.124. The molecular formula is C11H17B3N2. The van der Waals surface area contributed by atoms with Crippen molar-refractivity contribution in [3.8, 4) is 11.4 Å². The fraction of sp³-hybridized carbons (Fsp3) is 0.364. The van der Waals surface area contributed by atoms with Crippen LogP contribution >= 0.6 is 0 Å². The van der Waals surface area contributed by atoms with Crippen LogP contribution < -0.4 is 5.46 Å². The summed E-state index contributed by atoms with van der Waals surface area (Å²) < 4.78 is 2.27. The fourth-order valence-electron chi connectivity index (χ4n) is 1.97. The van der Waals surface area contributed by atoms with E-state index in [1.807, 2.05) is 0 Å². The molecule has 0 fully saturated rings. The van der Waals surface area contributed by atoms with E-state index in [1.165, 1.54) is 16.9 Å². The molecule has 2 nitrogen and oxygen atoms in total. The Kier molecular flexibility index (Phi) is 2.65. The van der Waals surface area contributed by atoms with Gasteiger partial charge in [-0.05, 0) is 30.5 Å². The van der Waals surface area contributed by atoms with Crippen molar-refractivity contribution >= 4 is 29.0 Å². The molecule has 0 aromatic rings. The minimum Gasteiger partial charge on any atom is -0.347 e. The highest BCUT2D eigenvalue weighted by Gasteiger charge is 2.21. The predicted octanol–water partition coefficient (Wildman–Crippen LogP) is -1.29. The Morgan fingerprint density at radius 2 is 2.06 bits per heavy atom. The number of fused-ring (bicyclic) bond motifs is 1. The molecular weight excluding hydrogens is 193 g/mol. The lowest BCUT2D eigenvalue weighted by molar-refractivity contribution is 0.767. The number of aryl methyl sites for hydroxylation is 1. The molecule has 16 heavy (non-hydrogen) atoms. The molecule has 2 rings (SSSR count). The second kappa shape index (κ2) is 3.72. The fourth-order valence-corrected chi connectivity index (χ4v) is 1.97. The van der Waals surface area contributed by atoms with E-state index < -0.39 is 0 Å². The smallest absolute Gasteiger partial charge is 0.141 e. The lowest BCUT2D eigenvalue weighted by Crippen LogP contribution is -2.22. The molecule has 0 bridgehead atoms. The molecule has 0 aliphatic carbocycles. The van der Waals surface area contributed by atoms with Crippen molar-refractivity contribution in [2.75, 3.05) is 0 Å². The van der Waals surface area contributed by atoms with Gasteiger partial charge in [-0.3, -0.25) is 4.98 Å². The topological polar surface area (TPSA) is 17.8 Å². The Morgan fingerprint density at radius 3 is 2.62 bits per heavy atom. The monoisotopic (exact) mass is 210 g/mol. The number of hydrogen-bond acceptors (Lipinski definition) is 1. The van der Waals surface area contributed by atoms with Gasteiger partial charge in [0.1, 0.15) is 23.5 Å². The van der Waals surface area contributed by atoms with Crippen molar-refractivity contribution in [3.05, 3.63) is 24.0 Å². The van der Waals surface area contributed by atoms with Crippen molar-refractivity contribution in [1.82, 2.24) is 9.55 Å². The van der Waals surface area contributed by atoms with Crippen LogP contribution in [0.15, 0.2) is 18.3 Å². The highest BCUT2D eigenvalue weighted by atomic mass is 15.0. The Hall–Kier alpha value is -1.12. The van der Waals surface area contributed by atoms with Gasteiger partial charge in [0, 0.05) is 12.2 Å². The van der Waals surface area contributed by atoms with E-state index in [0.717, 1.165) is 12.2 Å². The van der Waals surface area contributed by atoms with E-state index >= 15 is 0 Å². The number of aromatic nitrogens is 2. The highest BCUT2D eigenvalue weighted by molar-refractivity contribution is 6.39. The summed E-state index contributed by atoms with van der Waals surface area (Å²) in [5.41, 5.74) is 4.81. The zero-order valence-electron chi connectivity index (χ0n) is 10.8. The van der Waals surface area contributed by atoms with Crippen LogP contribution in [0, 0.1) is 0 Å². The molecule has 2 aliphatic rings. The van der Waals surface area contributed by atoms with Gasteiger partial charge in [0.15, 0.2) is 0 Å². The number of rotatable bonds is 2. The molecule has 5 heteroatoms. The van der Waals surface area contributed by atoms with Crippen molar-refractivity contribution in [2.45, 2.75) is 25.6 Å². The van der Waals surface area contributed by atoms with E-state index in [4.69, 9.17) is 4.98 Å². The molecule has 0 aromatic heterocycles. The summed E-state index contributed by atoms with van der Waals surface area (Å²) in [7, 11) is 6.53. The van der Waals surface area contributed by atoms with Crippen molar-refractivity contribution in [2.24, 2.45) is 0 Å². The van der Waals surface area contributed by atoms with E-state index in [9.17, 15) is 0 Å². The number of nitrogens with zero attached hydrogens (tertiary/aromatic N) is 2. The first-order valence-corrected chi connectivity index (χ1v) is 5.90. The summed E-state index contributed by atoms with van der Waals surface area (Å²) in [4.78, 5) is 4.73. The third kappa shape index (κ3) is 1.91. The molecule has 2 aliphatic heterocycles. The van der Waals surface area contributed by atoms with Gasteiger partial charge >= 0.3 is 0 Å². The molecule has 80 valence electrons. The third-order valence-electron chi connectivity index (χ3n) is 2.92. The summed E-state index contributed by atoms with van der Waals surface area (Å²) >= 11 is 0. The molecule has 0 radical (unpaired) electrons. The first-order valence-electron chi connectivity index (χ1n) is 5.90. The van der Waals surface area contributed by atoms with Gasteiger partial charge in [-0.2, -0.15) is 0 Å². The summed E-state index contributed by atoms with van der Waals surface area (Å²) in [6.07, 6.45) is 2.19. The Bertz CT molecular complexity index is 485. The maximum Gasteiger partial charge on any atom is 0.141 e. The van der Waals surface area contributed by atoms with Crippen LogP contribution in [-0.2, 0) is 11.8 Å². The van der Waals surface area contributed by atoms with Crippen LogP contribution in [0.5, 0.6) is 0 Å². The molecule has 0 unspecified atom stereocenters. The Morgan fingerprint density at radius 1 is 1.38 bits per heavy atom. The molecule has 0 atom stereocenters. The third-order valence-corrected chi connectivity index (χ3v) is 2.92. The summed E-state index contributed by atoms with van der Waals surface area (Å²) in [6.45, 7) is 5.37. The van der Waals surface area contributed by atoms with Crippen LogP contribution in [-0.4, -0.2) is 33.1 Å². The normalized spacial score (nSPS) is 12.1. The van der Waals surface area contributed by atoms with Gasteiger partial charge in [0.2, 0.25) is 0 Å². The predicted molar refractivity (Wildman–Crippen MR) is 77.1 cm³/mol. The van der Waals surface area contributed by atoms with E-state index in [0.29, 0.717) is 0 Å². The van der Waals surface area contributed by atoms with Crippen LogP contribution in [0.25, 0.3) is 11.4 Å². The lowest BCUT2D eigenvalue weighted by atomic mass is 9.54. The summed E-state index contributed by atoms with van der Waals surface area (Å²) in [6, 6.07) is 4.38. The molecule has 0 saturated carbocycles. The zero-order chi connectivity index (χ0) is 11.9. The van der Waals surface area contributed by atoms with E-state index in [-0.39, 0.29) is 5.21 Å². The largest absolute Gasteiger partial charge is 0.347 e. The number of hydrogen-bond donors (Lipinski definition) is 0. The Balaban J connectivity index is 2.65. The maximum atomic E-state index is 4.73. The van der Waals surface area contributed by atoms with Gasteiger partial charge in [0.05, 0.1) is 11.4 Å². The molecule has 2 heterocycles. The SMILES string of the molecule is Bc1cc2nc(C(B)(B)C)cc-2n(CC)c1. The van der Waals surface area contributed by atoms with Crippen molar-refractivity contribution in [3.63, 3.8) is 0 Å². The van der Waals surface area contributed by atoms with Gasteiger partial charge < -0.3 is 4.57 Å². The number of pyridine rings is 1. The standard InChI is InChI=1S/C11H17B3N2/c1-3-16-6-7(12)4-8-9(16)5-10(15-8)11(2,13)14/h4-6H,3,12-14H2,1-2H3. The quantitative estimate of drug-likeness (QED) is 0.563. The average Bonchev–Trinajstić information content (AvgIpc) is 2.59. The summed E-state index contributed by atoms with van der Waals surface area (Å²) in [5, 5.41) is 0.124. The zero-order valence-corrected chi connectivity index (χ0v) is 10.8. The lowest BCUT2D eigenvalue weighted by Gasteiger charge is -2.13. The van der Waals surface area contributed by atoms with Gasteiger partial charge in [0.25, 0.3) is 0 Å². The molecule has 0 saturated heterocycles. The van der Waals surface area contributed by atoms with Crippen LogP contribution in [0.3, 0.4) is 0 Å². The maximum absolute atomic E-state index is 4.73.